The number of hydrogen-bond donors (Lipinski definition) is 0. The molecule has 0 fully saturated rings. The molecule has 0 spiro atoms. The van der Waals surface area contributed by atoms with E-state index < -0.39 is 0 Å². The standard InChI is InChI=1S/C5H9IO2/c1-4(3-6)5(7)8-2/h4H,3H2,1-2H3. The maximum absolute atomic E-state index is 10.5. The summed E-state index contributed by atoms with van der Waals surface area (Å²) in [5.74, 6) is -0.0833. The highest BCUT2D eigenvalue weighted by Crippen LogP contribution is 2.01. The lowest BCUT2D eigenvalue weighted by atomic mass is 10.2. The van der Waals surface area contributed by atoms with Crippen LogP contribution < -0.4 is 0 Å². The number of esters is 1. The number of alkyl halides is 1. The second kappa shape index (κ2) is 4.12. The van der Waals surface area contributed by atoms with Gasteiger partial charge in [0, 0.05) is 4.43 Å². The predicted octanol–water partition coefficient (Wildman–Crippen LogP) is 1.23. The van der Waals surface area contributed by atoms with Gasteiger partial charge in [0.1, 0.15) is 0 Å². The van der Waals surface area contributed by atoms with Crippen molar-refractivity contribution in [2.75, 3.05) is 11.5 Å². The number of carbonyl (C=O) groups excluding carboxylic acids is 1. The van der Waals surface area contributed by atoms with Gasteiger partial charge in [-0.15, -0.1) is 0 Å². The van der Waals surface area contributed by atoms with Gasteiger partial charge in [-0.2, -0.15) is 0 Å². The molecular weight excluding hydrogens is 219 g/mol. The zero-order valence-electron chi connectivity index (χ0n) is 4.98. The zero-order chi connectivity index (χ0) is 6.57. The summed E-state index contributed by atoms with van der Waals surface area (Å²) < 4.78 is 5.28. The third-order valence-electron chi connectivity index (χ3n) is 0.835. The van der Waals surface area contributed by atoms with E-state index in [-0.39, 0.29) is 11.9 Å². The Kier molecular flexibility index (Phi) is 4.22. The Labute approximate surface area is 62.7 Å². The predicted molar refractivity (Wildman–Crippen MR) is 40.1 cm³/mol. The highest BCUT2D eigenvalue weighted by atomic mass is 127. The summed E-state index contributed by atoms with van der Waals surface area (Å²) in [7, 11) is 1.41. The molecule has 3 heteroatoms. The first-order valence-electron chi connectivity index (χ1n) is 2.36. The van der Waals surface area contributed by atoms with Crippen molar-refractivity contribution in [1.82, 2.24) is 0 Å². The van der Waals surface area contributed by atoms with Gasteiger partial charge in [0.15, 0.2) is 0 Å². The molecule has 0 aromatic carbocycles. The summed E-state index contributed by atoms with van der Waals surface area (Å²) in [4.78, 5) is 10.5. The smallest absolute Gasteiger partial charge is 0.309 e. The molecule has 0 radical (unpaired) electrons. The lowest BCUT2D eigenvalue weighted by Gasteiger charge is -2.01. The van der Waals surface area contributed by atoms with Crippen molar-refractivity contribution in [1.29, 1.82) is 0 Å². The topological polar surface area (TPSA) is 26.3 Å². The molecule has 0 heterocycles. The van der Waals surface area contributed by atoms with Gasteiger partial charge >= 0.3 is 5.97 Å². The van der Waals surface area contributed by atoms with Crippen LogP contribution in [-0.4, -0.2) is 17.5 Å². The second-order valence-corrected chi connectivity index (χ2v) is 2.46. The Balaban J connectivity index is 3.46. The van der Waals surface area contributed by atoms with Gasteiger partial charge in [0.2, 0.25) is 0 Å². The molecular formula is C5H9IO2. The fourth-order valence-corrected chi connectivity index (χ4v) is 0.624. The average molecular weight is 228 g/mol. The highest BCUT2D eigenvalue weighted by molar-refractivity contribution is 14.1. The van der Waals surface area contributed by atoms with E-state index in [0.717, 1.165) is 4.43 Å². The van der Waals surface area contributed by atoms with Crippen LogP contribution in [0.3, 0.4) is 0 Å². The van der Waals surface area contributed by atoms with Gasteiger partial charge in [0.25, 0.3) is 0 Å². The largest absolute Gasteiger partial charge is 0.469 e. The molecule has 0 rings (SSSR count). The number of carbonyl (C=O) groups is 1. The van der Waals surface area contributed by atoms with Crippen molar-refractivity contribution < 1.29 is 9.53 Å². The average Bonchev–Trinajstić information content (AvgIpc) is 1.84. The number of ether oxygens (including phenoxy) is 1. The van der Waals surface area contributed by atoms with E-state index in [4.69, 9.17) is 0 Å². The lowest BCUT2D eigenvalue weighted by Crippen LogP contribution is -2.13. The molecule has 0 amide bonds. The number of methoxy groups -OCH3 is 1. The van der Waals surface area contributed by atoms with Crippen LogP contribution in [0.15, 0.2) is 0 Å². The van der Waals surface area contributed by atoms with Crippen LogP contribution in [0, 0.1) is 5.92 Å². The van der Waals surface area contributed by atoms with Gasteiger partial charge < -0.3 is 4.74 Å². The van der Waals surface area contributed by atoms with E-state index in [0.29, 0.717) is 0 Å². The maximum atomic E-state index is 10.5. The molecule has 0 aliphatic heterocycles. The van der Waals surface area contributed by atoms with Crippen LogP contribution in [0.2, 0.25) is 0 Å². The maximum Gasteiger partial charge on any atom is 0.309 e. The third kappa shape index (κ3) is 2.49. The molecule has 1 unspecified atom stereocenters. The van der Waals surface area contributed by atoms with Crippen LogP contribution in [0.5, 0.6) is 0 Å². The minimum absolute atomic E-state index is 0.0422. The van der Waals surface area contributed by atoms with Gasteiger partial charge in [-0.25, -0.2) is 0 Å². The number of rotatable bonds is 2. The van der Waals surface area contributed by atoms with E-state index in [2.05, 4.69) is 27.3 Å². The first-order valence-corrected chi connectivity index (χ1v) is 3.88. The van der Waals surface area contributed by atoms with Crippen LogP contribution in [-0.2, 0) is 9.53 Å². The second-order valence-electron chi connectivity index (χ2n) is 1.58. The van der Waals surface area contributed by atoms with Crippen LogP contribution in [0.4, 0.5) is 0 Å². The summed E-state index contributed by atoms with van der Waals surface area (Å²) in [5, 5.41) is 0. The zero-order valence-corrected chi connectivity index (χ0v) is 7.14. The Morgan fingerprint density at radius 3 is 2.50 bits per heavy atom. The first-order chi connectivity index (χ1) is 3.72. The molecule has 0 aliphatic rings. The molecule has 0 aliphatic carbocycles. The SMILES string of the molecule is COC(=O)C(C)CI. The van der Waals surface area contributed by atoms with E-state index in [1.807, 2.05) is 6.92 Å². The molecule has 0 aromatic rings. The quantitative estimate of drug-likeness (QED) is 0.403. The minimum Gasteiger partial charge on any atom is -0.469 e. The molecule has 0 aromatic heterocycles. The van der Waals surface area contributed by atoms with Gasteiger partial charge in [-0.1, -0.05) is 29.5 Å². The van der Waals surface area contributed by atoms with Gasteiger partial charge in [0.05, 0.1) is 13.0 Å². The molecule has 2 nitrogen and oxygen atoms in total. The summed E-state index contributed by atoms with van der Waals surface area (Å²) in [6.45, 7) is 1.85. The van der Waals surface area contributed by atoms with Crippen LogP contribution in [0.25, 0.3) is 0 Å². The van der Waals surface area contributed by atoms with Gasteiger partial charge in [-0.3, -0.25) is 4.79 Å². The van der Waals surface area contributed by atoms with E-state index >= 15 is 0 Å². The lowest BCUT2D eigenvalue weighted by molar-refractivity contribution is -0.143. The monoisotopic (exact) mass is 228 g/mol. The first kappa shape index (κ1) is 8.20. The molecule has 0 N–H and O–H groups in total. The van der Waals surface area contributed by atoms with Crippen LogP contribution >= 0.6 is 22.6 Å². The summed E-state index contributed by atoms with van der Waals surface area (Å²) in [5.41, 5.74) is 0. The van der Waals surface area contributed by atoms with Crippen molar-refractivity contribution >= 4 is 28.6 Å². The molecule has 8 heavy (non-hydrogen) atoms. The Morgan fingerprint density at radius 2 is 2.38 bits per heavy atom. The third-order valence-corrected chi connectivity index (χ3v) is 2.16. The molecule has 0 saturated heterocycles. The number of hydrogen-bond acceptors (Lipinski definition) is 2. The minimum atomic E-state index is -0.126. The molecule has 48 valence electrons. The van der Waals surface area contributed by atoms with Crippen molar-refractivity contribution in [3.8, 4) is 0 Å². The highest BCUT2D eigenvalue weighted by Gasteiger charge is 2.09. The normalized spacial score (nSPS) is 12.9. The van der Waals surface area contributed by atoms with Crippen LogP contribution in [0.1, 0.15) is 6.92 Å². The van der Waals surface area contributed by atoms with Crippen molar-refractivity contribution in [3.05, 3.63) is 0 Å². The molecule has 1 atom stereocenters. The Bertz CT molecular complexity index is 82.5. The van der Waals surface area contributed by atoms with E-state index in [1.165, 1.54) is 7.11 Å². The van der Waals surface area contributed by atoms with Crippen molar-refractivity contribution in [3.63, 3.8) is 0 Å². The fourth-order valence-electron chi connectivity index (χ4n) is 0.264. The molecule has 0 saturated carbocycles. The van der Waals surface area contributed by atoms with E-state index in [1.54, 1.807) is 0 Å². The van der Waals surface area contributed by atoms with E-state index in [9.17, 15) is 4.79 Å². The van der Waals surface area contributed by atoms with Crippen molar-refractivity contribution in [2.24, 2.45) is 5.92 Å². The Morgan fingerprint density at radius 1 is 1.88 bits per heavy atom. The molecule has 0 bridgehead atoms. The Hall–Kier alpha value is 0.200. The van der Waals surface area contributed by atoms with Gasteiger partial charge in [-0.05, 0) is 0 Å². The summed E-state index contributed by atoms with van der Waals surface area (Å²) in [6.07, 6.45) is 0. The summed E-state index contributed by atoms with van der Waals surface area (Å²) >= 11 is 2.15. The number of halogens is 1. The van der Waals surface area contributed by atoms with Crippen molar-refractivity contribution in [2.45, 2.75) is 6.92 Å². The summed E-state index contributed by atoms with van der Waals surface area (Å²) in [6, 6.07) is 0. The fraction of sp³-hybridized carbons (Fsp3) is 0.800.